The maximum atomic E-state index is 9.80. The Morgan fingerprint density at radius 2 is 0.589 bits per heavy atom. The minimum atomic E-state index is 0.132. The highest BCUT2D eigenvalue weighted by Crippen LogP contribution is 2.53. The number of hydrogen-bond acceptors (Lipinski definition) is 3. The van der Waals surface area contributed by atoms with Crippen LogP contribution in [-0.4, -0.2) is 13.7 Å². The van der Waals surface area contributed by atoms with Crippen LogP contribution >= 0.6 is 0 Å². The first-order valence-electron chi connectivity index (χ1n) is 27.2. The molecule has 0 N–H and O–H groups in total. The summed E-state index contributed by atoms with van der Waals surface area (Å²) in [6, 6.07) is 46.6. The van der Waals surface area contributed by atoms with E-state index in [1.54, 1.807) is 16.7 Å². The highest BCUT2D eigenvalue weighted by molar-refractivity contribution is 5.80. The Bertz CT molecular complexity index is 3440. The van der Waals surface area contributed by atoms with Gasteiger partial charge in [-0.05, 0) is 255 Å². The molecule has 0 unspecified atom stereocenters. The van der Waals surface area contributed by atoms with Crippen LogP contribution in [-0.2, 0) is 19.6 Å². The Labute approximate surface area is 426 Å². The number of nitrogens with zero attached hydrogens (tertiary/aromatic N) is 9. The molecule has 9 nitrogen and oxygen atoms in total. The van der Waals surface area contributed by atoms with Crippen molar-refractivity contribution >= 4 is 33.1 Å². The Balaban J connectivity index is 0.925. The largest absolute Gasteiger partial charge is 0.249 e. The van der Waals surface area contributed by atoms with Crippen molar-refractivity contribution in [3.63, 3.8) is 0 Å². The van der Waals surface area contributed by atoms with E-state index in [0.29, 0.717) is 52.2 Å². The molecule has 3 saturated carbocycles. The van der Waals surface area contributed by atoms with Gasteiger partial charge >= 0.3 is 0 Å². The Hall–Kier alpha value is -7.80. The van der Waals surface area contributed by atoms with Crippen molar-refractivity contribution in [2.75, 3.05) is 0 Å². The lowest BCUT2D eigenvalue weighted by Gasteiger charge is -2.38. The third kappa shape index (κ3) is 6.87. The number of imidazole rings is 3. The SMILES string of the molecule is N#Cc1ccc(-n2c[n+](CC(C[n+]3cn(-c4ccc(C#N)cc4)c4cc5c(cc43)C3CCC5CC3)C[n+]3cn(-c4ccc(C#N)cc4)c4cc5c(cc43)C3CCC5CC3)c3cc4c(cc32)C2CCC4CC2)cc1. The molecule has 0 atom stereocenters. The number of aromatic nitrogens is 6. The monoisotopic (exact) mass is 952 g/mol. The fraction of sp³-hybridized carbons (Fsp3) is 0.344. The summed E-state index contributed by atoms with van der Waals surface area (Å²) in [5.74, 6) is 3.82. The molecule has 3 aromatic heterocycles. The van der Waals surface area contributed by atoms with Gasteiger partial charge in [-0.25, -0.2) is 13.7 Å². The van der Waals surface area contributed by atoms with Crippen molar-refractivity contribution in [3.05, 3.63) is 178 Å². The van der Waals surface area contributed by atoms with Crippen molar-refractivity contribution in [1.82, 2.24) is 13.7 Å². The van der Waals surface area contributed by atoms with Gasteiger partial charge in [0, 0.05) is 0 Å². The number of rotatable bonds is 9. The lowest BCUT2D eigenvalue weighted by atomic mass is 9.67. The van der Waals surface area contributed by atoms with Crippen molar-refractivity contribution in [2.24, 2.45) is 5.92 Å². The average molecular weight is 953 g/mol. The third-order valence-electron chi connectivity index (χ3n) is 19.0. The van der Waals surface area contributed by atoms with E-state index in [1.165, 1.54) is 127 Å². The Morgan fingerprint density at radius 1 is 0.356 bits per heavy atom. The molecule has 9 heteroatoms. The molecular weight excluding hydrogens is 895 g/mol. The van der Waals surface area contributed by atoms with E-state index in [4.69, 9.17) is 0 Å². The summed E-state index contributed by atoms with van der Waals surface area (Å²) in [7, 11) is 0. The molecule has 9 aliphatic carbocycles. The van der Waals surface area contributed by atoms with Crippen molar-refractivity contribution in [2.45, 2.75) is 132 Å². The highest BCUT2D eigenvalue weighted by Gasteiger charge is 2.39. The number of fused-ring (bicyclic) bond motifs is 9. The molecular formula is C64H58N9+3. The summed E-state index contributed by atoms with van der Waals surface area (Å²) < 4.78 is 14.8. The van der Waals surface area contributed by atoms with Gasteiger partial charge in [0.1, 0.15) is 36.7 Å². The molecule has 0 radical (unpaired) electrons. The molecule has 9 aromatic rings. The van der Waals surface area contributed by atoms with E-state index in [-0.39, 0.29) is 5.92 Å². The van der Waals surface area contributed by atoms with Gasteiger partial charge < -0.3 is 0 Å². The van der Waals surface area contributed by atoms with E-state index in [2.05, 4.69) is 137 Å². The Morgan fingerprint density at radius 3 is 0.822 bits per heavy atom. The molecule has 356 valence electrons. The third-order valence-corrected chi connectivity index (χ3v) is 19.0. The normalized spacial score (nSPS) is 22.5. The number of hydrogen-bond donors (Lipinski definition) is 0. The van der Waals surface area contributed by atoms with Crippen molar-refractivity contribution in [3.8, 4) is 35.3 Å². The van der Waals surface area contributed by atoms with E-state index < -0.39 is 0 Å². The Kier molecular flexibility index (Phi) is 9.76. The number of nitriles is 3. The van der Waals surface area contributed by atoms with E-state index in [0.717, 1.165) is 36.7 Å². The standard InChI is InChI=1S/C64H58N9/c65-31-40-1-19-50(20-2-40)71-37-68(59-25-53-44-7-13-47(14-8-44)56(53)28-62(59)71)34-43(35-69-38-72(51-21-3-41(32-66)4-22-51)63-29-57-48-15-9-45(10-16-48)54(57)26-60(63)69)36-70-39-73(52-23-5-42(33-67)6-24-52)64-30-58-49-17-11-46(12-18-49)55(58)27-61(64)70/h1-6,19-30,37-39,43-49H,7-18,34-36H2/q+3. The fourth-order valence-corrected chi connectivity index (χ4v) is 15.3. The molecule has 0 spiro atoms. The summed E-state index contributed by atoms with van der Waals surface area (Å²) >= 11 is 0. The second kappa shape index (κ2) is 16.6. The first-order chi connectivity index (χ1) is 35.9. The van der Waals surface area contributed by atoms with Gasteiger partial charge in [0.15, 0.2) is 33.1 Å². The maximum absolute atomic E-state index is 9.80. The van der Waals surface area contributed by atoms with Gasteiger partial charge in [-0.1, -0.05) is 0 Å². The van der Waals surface area contributed by atoms with Crippen LogP contribution in [0.3, 0.4) is 0 Å². The first-order valence-corrected chi connectivity index (χ1v) is 27.2. The second-order valence-corrected chi connectivity index (χ2v) is 22.8. The fourth-order valence-electron chi connectivity index (χ4n) is 15.3. The summed E-state index contributed by atoms with van der Waals surface area (Å²) in [5.41, 5.74) is 22.0. The maximum Gasteiger partial charge on any atom is 0.249 e. The zero-order chi connectivity index (χ0) is 48.5. The highest BCUT2D eigenvalue weighted by atomic mass is 15.2. The molecule has 9 aliphatic rings. The molecule has 6 aromatic carbocycles. The summed E-state index contributed by atoms with van der Waals surface area (Å²) in [5, 5.41) is 29.4. The molecule has 0 saturated heterocycles. The van der Waals surface area contributed by atoms with Gasteiger partial charge in [0.25, 0.3) is 0 Å². The average Bonchev–Trinajstić information content (AvgIpc) is 4.14. The predicted molar refractivity (Wildman–Crippen MR) is 280 cm³/mol. The van der Waals surface area contributed by atoms with Gasteiger partial charge in [-0.3, -0.25) is 0 Å². The quantitative estimate of drug-likeness (QED) is 0.135. The van der Waals surface area contributed by atoms with Gasteiger partial charge in [0.05, 0.1) is 40.8 Å². The summed E-state index contributed by atoms with van der Waals surface area (Å²) in [6.45, 7) is 2.35. The lowest BCUT2D eigenvalue weighted by Crippen LogP contribution is -2.49. The van der Waals surface area contributed by atoms with Crippen LogP contribution in [0.15, 0.2) is 128 Å². The molecule has 6 bridgehead atoms. The smallest absolute Gasteiger partial charge is 0.229 e. The molecule has 0 amide bonds. The van der Waals surface area contributed by atoms with Crippen LogP contribution in [0, 0.1) is 39.9 Å². The summed E-state index contributed by atoms with van der Waals surface area (Å²) in [6.07, 6.45) is 22.4. The van der Waals surface area contributed by atoms with E-state index >= 15 is 0 Å². The van der Waals surface area contributed by atoms with Crippen LogP contribution in [0.25, 0.3) is 50.2 Å². The van der Waals surface area contributed by atoms with Crippen LogP contribution < -0.4 is 13.7 Å². The topological polar surface area (TPSA) is 97.8 Å². The minimum Gasteiger partial charge on any atom is -0.229 e. The van der Waals surface area contributed by atoms with Gasteiger partial charge in [0.2, 0.25) is 19.0 Å². The zero-order valence-electron chi connectivity index (χ0n) is 41.3. The van der Waals surface area contributed by atoms with E-state index in [9.17, 15) is 15.8 Å². The molecule has 0 aliphatic heterocycles. The van der Waals surface area contributed by atoms with Crippen LogP contribution in [0.5, 0.6) is 0 Å². The predicted octanol–water partition coefficient (Wildman–Crippen LogP) is 12.3. The van der Waals surface area contributed by atoms with E-state index in [1.807, 2.05) is 36.4 Å². The van der Waals surface area contributed by atoms with Crippen molar-refractivity contribution in [1.29, 1.82) is 15.8 Å². The zero-order valence-corrected chi connectivity index (χ0v) is 41.3. The molecule has 3 heterocycles. The van der Waals surface area contributed by atoms with Crippen LogP contribution in [0.1, 0.15) is 163 Å². The van der Waals surface area contributed by atoms with Gasteiger partial charge in [-0.2, -0.15) is 29.5 Å². The number of benzene rings is 6. The lowest BCUT2D eigenvalue weighted by molar-refractivity contribution is -0.746. The molecule has 18 rings (SSSR count). The van der Waals surface area contributed by atoms with Crippen molar-refractivity contribution < 1.29 is 13.7 Å². The minimum absolute atomic E-state index is 0.132. The van der Waals surface area contributed by atoms with Crippen LogP contribution in [0.2, 0.25) is 0 Å². The second-order valence-electron chi connectivity index (χ2n) is 22.8. The first kappa shape index (κ1) is 42.8. The van der Waals surface area contributed by atoms with Crippen LogP contribution in [0.4, 0.5) is 0 Å². The molecule has 3 fully saturated rings. The summed E-state index contributed by atoms with van der Waals surface area (Å²) in [4.78, 5) is 0. The molecule has 73 heavy (non-hydrogen) atoms. The van der Waals surface area contributed by atoms with Gasteiger partial charge in [-0.15, -0.1) is 0 Å².